The molecule has 0 amide bonds. The fourth-order valence-corrected chi connectivity index (χ4v) is 2.32. The van der Waals surface area contributed by atoms with Crippen LogP contribution in [0.5, 0.6) is 0 Å². The van der Waals surface area contributed by atoms with Crippen LogP contribution in [0.2, 0.25) is 0 Å². The summed E-state index contributed by atoms with van der Waals surface area (Å²) in [6.07, 6.45) is 1.99. The van der Waals surface area contributed by atoms with E-state index in [0.717, 1.165) is 5.69 Å². The maximum absolute atomic E-state index is 10.4. The van der Waals surface area contributed by atoms with Crippen molar-refractivity contribution in [1.29, 1.82) is 0 Å². The summed E-state index contributed by atoms with van der Waals surface area (Å²) in [5, 5.41) is 8.48. The van der Waals surface area contributed by atoms with Gasteiger partial charge >= 0.3 is 14.3 Å². The van der Waals surface area contributed by atoms with Crippen LogP contribution in [0.15, 0.2) is 24.4 Å². The van der Waals surface area contributed by atoms with Crippen LogP contribution in [0.3, 0.4) is 0 Å². The summed E-state index contributed by atoms with van der Waals surface area (Å²) < 4.78 is 20.5. The second-order valence-electron chi connectivity index (χ2n) is 3.29. The Balaban J connectivity index is 0.000000321. The van der Waals surface area contributed by atoms with Gasteiger partial charge in [-0.15, -0.1) is 0 Å². The lowest BCUT2D eigenvalue weighted by Crippen LogP contribution is -1.91. The third-order valence-electron chi connectivity index (χ3n) is 1.91. The minimum absolute atomic E-state index is 0.178. The topological polar surface area (TPSA) is 128 Å². The molecule has 4 N–H and O–H groups in total. The Kier molecular flexibility index (Phi) is 7.55. The van der Waals surface area contributed by atoms with Crippen LogP contribution in [0.1, 0.15) is 12.6 Å². The average Bonchev–Trinajstić information content (AvgIpc) is 2.30. The highest BCUT2D eigenvalue weighted by Crippen LogP contribution is 2.73. The smallest absolute Gasteiger partial charge is 0.396 e. The molecule has 0 aliphatic heterocycles. The van der Waals surface area contributed by atoms with E-state index in [4.69, 9.17) is 19.8 Å². The standard InChI is InChI=1S/C7H9NO.C2H8O5P2/c9-6-4-7-3-1-2-5-8-7;1-2-8(3,4)9(5,6)7/h1-3,5,9H,4,6H2;2H2,1H3,(H,3,4)(H2,5,6,7). The molecule has 0 radical (unpaired) electrons. The molecule has 0 aliphatic carbocycles. The Bertz CT molecular complexity index is 432. The first kappa shape index (κ1) is 17.4. The van der Waals surface area contributed by atoms with E-state index in [1.807, 2.05) is 18.2 Å². The highest BCUT2D eigenvalue weighted by molar-refractivity contribution is 8.28. The minimum atomic E-state index is -4.76. The zero-order valence-electron chi connectivity index (χ0n) is 9.88. The quantitative estimate of drug-likeness (QED) is 0.610. The zero-order valence-corrected chi connectivity index (χ0v) is 11.7. The molecule has 0 aliphatic rings. The number of aliphatic hydroxyl groups is 1. The summed E-state index contributed by atoms with van der Waals surface area (Å²) in [5.41, 5.74) is 0.944. The lowest BCUT2D eigenvalue weighted by atomic mass is 10.3. The van der Waals surface area contributed by atoms with Crippen LogP contribution in [-0.4, -0.2) is 37.5 Å². The average molecular weight is 297 g/mol. The van der Waals surface area contributed by atoms with E-state index in [1.54, 1.807) is 6.20 Å². The van der Waals surface area contributed by atoms with Gasteiger partial charge in [-0.2, -0.15) is 0 Å². The number of aromatic nitrogens is 1. The Labute approximate surface area is 105 Å². The van der Waals surface area contributed by atoms with Crippen LogP contribution in [0.25, 0.3) is 0 Å². The molecule has 1 heterocycles. The highest BCUT2D eigenvalue weighted by atomic mass is 32.1. The van der Waals surface area contributed by atoms with Gasteiger partial charge in [0.15, 0.2) is 0 Å². The van der Waals surface area contributed by atoms with Crippen LogP contribution < -0.4 is 0 Å². The van der Waals surface area contributed by atoms with Crippen molar-refractivity contribution in [2.75, 3.05) is 12.8 Å². The van der Waals surface area contributed by atoms with E-state index >= 15 is 0 Å². The molecule has 1 aromatic rings. The predicted molar refractivity (Wildman–Crippen MR) is 67.4 cm³/mol. The van der Waals surface area contributed by atoms with Gasteiger partial charge in [0.05, 0.1) is 0 Å². The molecule has 0 saturated carbocycles. The molecular weight excluding hydrogens is 280 g/mol. The van der Waals surface area contributed by atoms with Crippen molar-refractivity contribution in [3.8, 4) is 0 Å². The normalized spacial score (nSPS) is 14.3. The van der Waals surface area contributed by atoms with Gasteiger partial charge in [-0.05, 0) is 12.1 Å². The maximum Gasteiger partial charge on any atom is 0.407 e. The second-order valence-corrected chi connectivity index (χ2v) is 9.72. The third kappa shape index (κ3) is 6.40. The first-order valence-electron chi connectivity index (χ1n) is 5.13. The summed E-state index contributed by atoms with van der Waals surface area (Å²) in [6, 6.07) is 5.68. The van der Waals surface area contributed by atoms with E-state index in [2.05, 4.69) is 4.98 Å². The molecule has 1 rings (SSSR count). The molecule has 9 heteroatoms. The number of nitrogens with zero attached hydrogens (tertiary/aromatic N) is 1. The van der Waals surface area contributed by atoms with Crippen molar-refractivity contribution in [2.45, 2.75) is 13.3 Å². The summed E-state index contributed by atoms with van der Waals surface area (Å²) in [4.78, 5) is 28.7. The van der Waals surface area contributed by atoms with E-state index in [9.17, 15) is 9.13 Å². The van der Waals surface area contributed by atoms with E-state index in [1.165, 1.54) is 6.92 Å². The fourth-order valence-electron chi connectivity index (χ4n) is 0.845. The fraction of sp³-hybridized carbons (Fsp3) is 0.444. The second kappa shape index (κ2) is 7.79. The lowest BCUT2D eigenvalue weighted by molar-refractivity contribution is 0.298. The number of hydrogen-bond donors (Lipinski definition) is 4. The van der Waals surface area contributed by atoms with Gasteiger partial charge in [-0.1, -0.05) is 13.0 Å². The van der Waals surface area contributed by atoms with E-state index in [-0.39, 0.29) is 6.61 Å². The van der Waals surface area contributed by atoms with E-state index in [0.29, 0.717) is 6.42 Å². The Morgan fingerprint density at radius 1 is 1.22 bits per heavy atom. The highest BCUT2D eigenvalue weighted by Gasteiger charge is 2.37. The lowest BCUT2D eigenvalue weighted by Gasteiger charge is -2.08. The van der Waals surface area contributed by atoms with Gasteiger partial charge in [-0.3, -0.25) is 9.55 Å². The van der Waals surface area contributed by atoms with Crippen molar-refractivity contribution in [3.63, 3.8) is 0 Å². The van der Waals surface area contributed by atoms with Gasteiger partial charge in [-0.25, -0.2) is 4.57 Å². The van der Waals surface area contributed by atoms with Crippen molar-refractivity contribution in [3.05, 3.63) is 30.1 Å². The molecule has 0 saturated heterocycles. The van der Waals surface area contributed by atoms with Gasteiger partial charge in [0.25, 0.3) is 0 Å². The number of aliphatic hydroxyl groups excluding tert-OH is 1. The molecule has 0 bridgehead atoms. The minimum Gasteiger partial charge on any atom is -0.396 e. The van der Waals surface area contributed by atoms with E-state index < -0.39 is 20.5 Å². The summed E-state index contributed by atoms with van der Waals surface area (Å²) in [6.45, 7) is 1.43. The summed E-state index contributed by atoms with van der Waals surface area (Å²) in [7, 11) is -8.95. The third-order valence-corrected chi connectivity index (χ3v) is 6.84. The molecule has 0 fully saturated rings. The van der Waals surface area contributed by atoms with Crippen LogP contribution in [-0.2, 0) is 15.6 Å². The largest absolute Gasteiger partial charge is 0.407 e. The molecule has 7 nitrogen and oxygen atoms in total. The molecule has 1 unspecified atom stereocenters. The van der Waals surface area contributed by atoms with Crippen LogP contribution in [0, 0.1) is 0 Å². The summed E-state index contributed by atoms with van der Waals surface area (Å²) in [5.74, 6) is 0. The molecule has 1 aromatic heterocycles. The SMILES string of the molecule is CCP(=O)(O)P(=O)(O)O.OCCc1ccccn1. The van der Waals surface area contributed by atoms with Gasteiger partial charge in [0.2, 0.25) is 0 Å². The van der Waals surface area contributed by atoms with Crippen molar-refractivity contribution < 1.29 is 28.9 Å². The molecule has 0 aromatic carbocycles. The van der Waals surface area contributed by atoms with Crippen molar-refractivity contribution in [2.24, 2.45) is 0 Å². The first-order valence-corrected chi connectivity index (χ1v) is 9.29. The van der Waals surface area contributed by atoms with Gasteiger partial charge < -0.3 is 19.8 Å². The zero-order chi connectivity index (χ0) is 14.2. The monoisotopic (exact) mass is 297 g/mol. The summed E-state index contributed by atoms with van der Waals surface area (Å²) >= 11 is 0. The molecular formula is C9H17NO6P2. The van der Waals surface area contributed by atoms with Crippen LogP contribution in [0.4, 0.5) is 0 Å². The van der Waals surface area contributed by atoms with Gasteiger partial charge in [0.1, 0.15) is 0 Å². The predicted octanol–water partition coefficient (Wildman–Crippen LogP) is 0.986. The molecule has 1 atom stereocenters. The molecule has 18 heavy (non-hydrogen) atoms. The Morgan fingerprint density at radius 2 is 1.83 bits per heavy atom. The van der Waals surface area contributed by atoms with Crippen molar-refractivity contribution in [1.82, 2.24) is 4.98 Å². The van der Waals surface area contributed by atoms with Crippen molar-refractivity contribution >= 4 is 14.3 Å². The number of hydrogen-bond acceptors (Lipinski definition) is 4. The maximum atomic E-state index is 10.4. The first-order chi connectivity index (χ1) is 8.24. The molecule has 104 valence electrons. The molecule has 0 spiro atoms. The Morgan fingerprint density at radius 3 is 2.11 bits per heavy atom. The number of rotatable bonds is 4. The van der Waals surface area contributed by atoms with Gasteiger partial charge in [0, 0.05) is 31.1 Å². The van der Waals surface area contributed by atoms with Crippen LogP contribution >= 0.6 is 14.3 Å². The number of pyridine rings is 1. The Hall–Kier alpha value is -0.550.